The van der Waals surface area contributed by atoms with Crippen molar-refractivity contribution in [3.8, 4) is 0 Å². The van der Waals surface area contributed by atoms with E-state index in [0.717, 1.165) is 29.3 Å². The van der Waals surface area contributed by atoms with Gasteiger partial charge >= 0.3 is 0 Å². The van der Waals surface area contributed by atoms with Gasteiger partial charge < -0.3 is 5.32 Å². The van der Waals surface area contributed by atoms with Gasteiger partial charge in [0.2, 0.25) is 0 Å². The number of rotatable bonds is 3. The van der Waals surface area contributed by atoms with Crippen molar-refractivity contribution < 1.29 is 0 Å². The molecule has 4 aliphatic rings. The first-order valence-electron chi connectivity index (χ1n) is 7.81. The standard InChI is InChI=1S/C17H21Cl2N/c18-15-2-1-14(16(19)6-15)10-20-17-7-11-3-12(8-17)5-13(4-11)9-17/h1-2,6,11-13,20H,3-5,7-10H2. The predicted molar refractivity (Wildman–Crippen MR) is 84.2 cm³/mol. The molecule has 0 heterocycles. The minimum Gasteiger partial charge on any atom is -0.307 e. The topological polar surface area (TPSA) is 12.0 Å². The monoisotopic (exact) mass is 309 g/mol. The van der Waals surface area contributed by atoms with Gasteiger partial charge in [-0.25, -0.2) is 0 Å². The number of hydrogen-bond donors (Lipinski definition) is 1. The second kappa shape index (κ2) is 4.90. The number of nitrogens with one attached hydrogen (secondary N) is 1. The smallest absolute Gasteiger partial charge is 0.0465 e. The van der Waals surface area contributed by atoms with Gasteiger partial charge in [-0.15, -0.1) is 0 Å². The fourth-order valence-electron chi connectivity index (χ4n) is 5.27. The lowest BCUT2D eigenvalue weighted by Crippen LogP contribution is -2.58. The van der Waals surface area contributed by atoms with Crippen molar-refractivity contribution >= 4 is 23.2 Å². The van der Waals surface area contributed by atoms with E-state index in [-0.39, 0.29) is 0 Å². The SMILES string of the molecule is Clc1ccc(CNC23CC4CC(CC(C4)C2)C3)c(Cl)c1. The van der Waals surface area contributed by atoms with E-state index in [9.17, 15) is 0 Å². The van der Waals surface area contributed by atoms with Crippen LogP contribution in [0.1, 0.15) is 44.1 Å². The van der Waals surface area contributed by atoms with E-state index in [1.54, 1.807) is 0 Å². The van der Waals surface area contributed by atoms with E-state index < -0.39 is 0 Å². The summed E-state index contributed by atoms with van der Waals surface area (Å²) in [4.78, 5) is 0. The maximum absolute atomic E-state index is 6.29. The molecule has 0 unspecified atom stereocenters. The van der Waals surface area contributed by atoms with Crippen molar-refractivity contribution in [3.63, 3.8) is 0 Å². The highest BCUT2D eigenvalue weighted by Gasteiger charge is 2.50. The van der Waals surface area contributed by atoms with E-state index in [0.29, 0.717) is 10.6 Å². The molecule has 4 bridgehead atoms. The molecular weight excluding hydrogens is 289 g/mol. The maximum atomic E-state index is 6.29. The van der Waals surface area contributed by atoms with Gasteiger partial charge in [0, 0.05) is 22.1 Å². The minimum absolute atomic E-state index is 0.401. The number of hydrogen-bond acceptors (Lipinski definition) is 1. The summed E-state index contributed by atoms with van der Waals surface area (Å²) < 4.78 is 0. The molecule has 0 saturated heterocycles. The minimum atomic E-state index is 0.401. The highest BCUT2D eigenvalue weighted by atomic mass is 35.5. The molecule has 0 aliphatic heterocycles. The average Bonchev–Trinajstić information content (AvgIpc) is 2.36. The van der Waals surface area contributed by atoms with Crippen LogP contribution in [-0.4, -0.2) is 5.54 Å². The summed E-state index contributed by atoms with van der Waals surface area (Å²) in [5.74, 6) is 2.94. The second-order valence-corrected chi connectivity index (χ2v) is 8.13. The van der Waals surface area contributed by atoms with E-state index >= 15 is 0 Å². The first-order chi connectivity index (χ1) is 9.62. The highest BCUT2D eigenvalue weighted by Crippen LogP contribution is 2.55. The van der Waals surface area contributed by atoms with Crippen LogP contribution >= 0.6 is 23.2 Å². The molecule has 20 heavy (non-hydrogen) atoms. The Morgan fingerprint density at radius 2 is 1.60 bits per heavy atom. The van der Waals surface area contributed by atoms with Crippen molar-refractivity contribution in [1.29, 1.82) is 0 Å². The molecule has 4 saturated carbocycles. The third kappa shape index (κ3) is 2.38. The van der Waals surface area contributed by atoms with Crippen LogP contribution in [0.4, 0.5) is 0 Å². The molecule has 1 aromatic rings. The Labute approximate surface area is 131 Å². The number of benzene rings is 1. The maximum Gasteiger partial charge on any atom is 0.0465 e. The van der Waals surface area contributed by atoms with Gasteiger partial charge in [0.1, 0.15) is 0 Å². The molecule has 4 aliphatic carbocycles. The summed E-state index contributed by atoms with van der Waals surface area (Å²) in [6.07, 6.45) is 8.60. The van der Waals surface area contributed by atoms with E-state index in [4.69, 9.17) is 23.2 Å². The van der Waals surface area contributed by atoms with Gasteiger partial charge in [-0.3, -0.25) is 0 Å². The Kier molecular flexibility index (Phi) is 3.29. The predicted octanol–water partition coefficient (Wildman–Crippen LogP) is 5.05. The molecule has 1 N–H and O–H groups in total. The van der Waals surface area contributed by atoms with Gasteiger partial charge in [0.25, 0.3) is 0 Å². The normalized spacial score (nSPS) is 38.4. The summed E-state index contributed by atoms with van der Waals surface area (Å²) in [5.41, 5.74) is 1.57. The van der Waals surface area contributed by atoms with Gasteiger partial charge in [-0.2, -0.15) is 0 Å². The van der Waals surface area contributed by atoms with Crippen LogP contribution in [0.15, 0.2) is 18.2 Å². The molecule has 3 heteroatoms. The average molecular weight is 310 g/mol. The lowest BCUT2D eigenvalue weighted by Gasteiger charge is -2.57. The third-order valence-corrected chi connectivity index (χ3v) is 6.29. The molecule has 1 aromatic carbocycles. The molecule has 0 amide bonds. The Balaban J connectivity index is 1.49. The zero-order chi connectivity index (χ0) is 13.7. The zero-order valence-corrected chi connectivity index (χ0v) is 13.2. The molecular formula is C17H21Cl2N. The van der Waals surface area contributed by atoms with Crippen LogP contribution in [0.2, 0.25) is 10.0 Å². The summed E-state index contributed by atoms with van der Waals surface area (Å²) in [6, 6.07) is 5.84. The number of halogens is 2. The molecule has 4 fully saturated rings. The van der Waals surface area contributed by atoms with E-state index in [2.05, 4.69) is 11.4 Å². The van der Waals surface area contributed by atoms with Crippen LogP contribution in [0, 0.1) is 17.8 Å². The fraction of sp³-hybridized carbons (Fsp3) is 0.647. The van der Waals surface area contributed by atoms with Gasteiger partial charge in [0.15, 0.2) is 0 Å². The van der Waals surface area contributed by atoms with Crippen molar-refractivity contribution in [2.45, 2.75) is 50.6 Å². The van der Waals surface area contributed by atoms with Crippen molar-refractivity contribution in [1.82, 2.24) is 5.32 Å². The van der Waals surface area contributed by atoms with Crippen molar-refractivity contribution in [2.75, 3.05) is 0 Å². The Hall–Kier alpha value is -0.240. The fourth-order valence-corrected chi connectivity index (χ4v) is 5.75. The molecule has 5 rings (SSSR count). The summed E-state index contributed by atoms with van der Waals surface area (Å²) >= 11 is 12.3. The van der Waals surface area contributed by atoms with Crippen LogP contribution in [0.5, 0.6) is 0 Å². The second-order valence-electron chi connectivity index (χ2n) is 7.29. The first kappa shape index (κ1) is 13.4. The van der Waals surface area contributed by atoms with Crippen LogP contribution in [-0.2, 0) is 6.54 Å². The molecule has 0 atom stereocenters. The highest BCUT2D eigenvalue weighted by molar-refractivity contribution is 6.35. The third-order valence-electron chi connectivity index (χ3n) is 5.71. The lowest BCUT2D eigenvalue weighted by atomic mass is 9.53. The Morgan fingerprint density at radius 1 is 1.00 bits per heavy atom. The van der Waals surface area contributed by atoms with Crippen molar-refractivity contribution in [3.05, 3.63) is 33.8 Å². The van der Waals surface area contributed by atoms with Gasteiger partial charge in [0.05, 0.1) is 0 Å². The summed E-state index contributed by atoms with van der Waals surface area (Å²) in [6.45, 7) is 0.877. The summed E-state index contributed by atoms with van der Waals surface area (Å²) in [5, 5.41) is 5.38. The quantitative estimate of drug-likeness (QED) is 0.823. The van der Waals surface area contributed by atoms with E-state index in [1.807, 2.05) is 12.1 Å². The molecule has 108 valence electrons. The molecule has 0 aromatic heterocycles. The lowest BCUT2D eigenvalue weighted by molar-refractivity contribution is -0.0205. The van der Waals surface area contributed by atoms with Gasteiger partial charge in [-0.05, 0) is 74.0 Å². The molecule has 0 spiro atoms. The van der Waals surface area contributed by atoms with E-state index in [1.165, 1.54) is 44.1 Å². The van der Waals surface area contributed by atoms with Crippen molar-refractivity contribution in [2.24, 2.45) is 17.8 Å². The largest absolute Gasteiger partial charge is 0.307 e. The van der Waals surface area contributed by atoms with Gasteiger partial charge in [-0.1, -0.05) is 29.3 Å². The zero-order valence-electron chi connectivity index (χ0n) is 11.7. The Bertz CT molecular complexity index is 490. The van der Waals surface area contributed by atoms with Crippen LogP contribution in [0.25, 0.3) is 0 Å². The Morgan fingerprint density at radius 3 is 2.15 bits per heavy atom. The summed E-state index contributed by atoms with van der Waals surface area (Å²) in [7, 11) is 0. The van der Waals surface area contributed by atoms with Crippen LogP contribution < -0.4 is 5.32 Å². The molecule has 0 radical (unpaired) electrons. The van der Waals surface area contributed by atoms with Crippen LogP contribution in [0.3, 0.4) is 0 Å². The first-order valence-corrected chi connectivity index (χ1v) is 8.56. The molecule has 1 nitrogen and oxygen atoms in total.